The third-order valence-electron chi connectivity index (χ3n) is 2.98. The quantitative estimate of drug-likeness (QED) is 0.929. The lowest BCUT2D eigenvalue weighted by Crippen LogP contribution is -2.23. The van der Waals surface area contributed by atoms with Gasteiger partial charge in [0.1, 0.15) is 0 Å². The van der Waals surface area contributed by atoms with E-state index in [1.54, 1.807) is 44.6 Å². The van der Waals surface area contributed by atoms with Gasteiger partial charge in [-0.1, -0.05) is 12.1 Å². The molecule has 1 heterocycles. The lowest BCUT2D eigenvalue weighted by molar-refractivity contribution is 0.0827. The van der Waals surface area contributed by atoms with Crippen LogP contribution in [0.2, 0.25) is 0 Å². The van der Waals surface area contributed by atoms with Gasteiger partial charge in [-0.15, -0.1) is 0 Å². The maximum atomic E-state index is 11.9. The summed E-state index contributed by atoms with van der Waals surface area (Å²) in [5.74, 6) is -0.211. The van der Waals surface area contributed by atoms with Gasteiger partial charge in [0, 0.05) is 38.6 Å². The Morgan fingerprint density at radius 2 is 1.81 bits per heavy atom. The van der Waals surface area contributed by atoms with E-state index in [1.165, 1.54) is 11.1 Å². The zero-order valence-electron chi connectivity index (χ0n) is 12.0. The molecule has 1 aromatic carbocycles. The summed E-state index contributed by atoms with van der Waals surface area (Å²) in [7, 11) is 3.43. The topological polar surface area (TPSA) is 62.3 Å². The molecule has 0 bridgehead atoms. The highest BCUT2D eigenvalue weighted by molar-refractivity contribution is 5.94. The lowest BCUT2D eigenvalue weighted by atomic mass is 10.1. The molecule has 21 heavy (non-hydrogen) atoms. The van der Waals surface area contributed by atoms with Crippen LogP contribution in [-0.4, -0.2) is 35.8 Å². The number of hydrogen-bond donors (Lipinski definition) is 1. The molecule has 5 nitrogen and oxygen atoms in total. The number of nitrogens with one attached hydrogen (secondary N) is 1. The molecule has 1 aromatic heterocycles. The van der Waals surface area contributed by atoms with E-state index in [-0.39, 0.29) is 11.8 Å². The van der Waals surface area contributed by atoms with Crippen molar-refractivity contribution in [3.63, 3.8) is 0 Å². The van der Waals surface area contributed by atoms with E-state index in [1.807, 2.05) is 12.1 Å². The number of carbonyl (C=O) groups is 2. The van der Waals surface area contributed by atoms with Crippen molar-refractivity contribution in [3.8, 4) is 0 Å². The highest BCUT2D eigenvalue weighted by atomic mass is 16.2. The van der Waals surface area contributed by atoms with Crippen molar-refractivity contribution in [2.24, 2.45) is 0 Å². The maximum absolute atomic E-state index is 11.9. The van der Waals surface area contributed by atoms with Gasteiger partial charge in [-0.3, -0.25) is 14.6 Å². The van der Waals surface area contributed by atoms with Crippen molar-refractivity contribution in [1.82, 2.24) is 15.2 Å². The van der Waals surface area contributed by atoms with Crippen molar-refractivity contribution in [3.05, 3.63) is 65.5 Å². The molecule has 0 aliphatic rings. The Morgan fingerprint density at radius 1 is 1.10 bits per heavy atom. The Bertz CT molecular complexity index is 622. The molecule has 2 rings (SSSR count). The minimum Gasteiger partial charge on any atom is -0.348 e. The first-order valence-electron chi connectivity index (χ1n) is 6.57. The van der Waals surface area contributed by atoms with Gasteiger partial charge in [-0.05, 0) is 29.8 Å². The average molecular weight is 283 g/mol. The second-order valence-corrected chi connectivity index (χ2v) is 4.82. The molecule has 0 aliphatic heterocycles. The third-order valence-corrected chi connectivity index (χ3v) is 2.98. The second-order valence-electron chi connectivity index (χ2n) is 4.82. The van der Waals surface area contributed by atoms with Crippen LogP contribution in [0.5, 0.6) is 0 Å². The van der Waals surface area contributed by atoms with Gasteiger partial charge in [0.2, 0.25) is 0 Å². The fourth-order valence-corrected chi connectivity index (χ4v) is 1.80. The van der Waals surface area contributed by atoms with Gasteiger partial charge in [0.15, 0.2) is 0 Å². The van der Waals surface area contributed by atoms with Gasteiger partial charge in [-0.25, -0.2) is 0 Å². The Labute approximate surface area is 123 Å². The molecule has 2 aromatic rings. The van der Waals surface area contributed by atoms with Crippen molar-refractivity contribution >= 4 is 11.8 Å². The highest BCUT2D eigenvalue weighted by Crippen LogP contribution is 2.06. The summed E-state index contributed by atoms with van der Waals surface area (Å²) in [5, 5.41) is 2.81. The minimum absolute atomic E-state index is 0.0408. The van der Waals surface area contributed by atoms with E-state index in [0.717, 1.165) is 5.56 Å². The Morgan fingerprint density at radius 3 is 2.38 bits per heavy atom. The van der Waals surface area contributed by atoms with E-state index >= 15 is 0 Å². The summed E-state index contributed by atoms with van der Waals surface area (Å²) in [5.41, 5.74) is 2.08. The normalized spacial score (nSPS) is 10.0. The molecule has 0 saturated heterocycles. The first-order valence-corrected chi connectivity index (χ1v) is 6.57. The number of benzene rings is 1. The minimum atomic E-state index is -0.170. The Balaban J connectivity index is 1.95. The van der Waals surface area contributed by atoms with Crippen molar-refractivity contribution in [1.29, 1.82) is 0 Å². The number of hydrogen-bond acceptors (Lipinski definition) is 3. The molecule has 2 amide bonds. The van der Waals surface area contributed by atoms with Gasteiger partial charge in [-0.2, -0.15) is 0 Å². The van der Waals surface area contributed by atoms with Crippen LogP contribution in [0.25, 0.3) is 0 Å². The first-order chi connectivity index (χ1) is 10.1. The van der Waals surface area contributed by atoms with E-state index in [0.29, 0.717) is 17.7 Å². The monoisotopic (exact) mass is 283 g/mol. The second kappa shape index (κ2) is 6.65. The highest BCUT2D eigenvalue weighted by Gasteiger charge is 2.08. The van der Waals surface area contributed by atoms with Crippen molar-refractivity contribution in [2.45, 2.75) is 6.54 Å². The summed E-state index contributed by atoms with van der Waals surface area (Å²) in [6, 6.07) is 10.6. The summed E-state index contributed by atoms with van der Waals surface area (Å²) >= 11 is 0. The van der Waals surface area contributed by atoms with Crippen LogP contribution in [-0.2, 0) is 6.54 Å². The number of nitrogens with zero attached hydrogens (tertiary/aromatic N) is 2. The Hall–Kier alpha value is -2.69. The van der Waals surface area contributed by atoms with Crippen LogP contribution >= 0.6 is 0 Å². The lowest BCUT2D eigenvalue weighted by Gasteiger charge is -2.10. The van der Waals surface area contributed by atoms with Crippen LogP contribution in [0, 0.1) is 0 Å². The standard InChI is InChI=1S/C16H17N3O2/c1-19(2)16(21)13-7-5-12(6-8-13)10-18-15(20)14-4-3-9-17-11-14/h3-9,11H,10H2,1-2H3,(H,18,20). The van der Waals surface area contributed by atoms with Gasteiger partial charge >= 0.3 is 0 Å². The average Bonchev–Trinajstić information content (AvgIpc) is 2.53. The van der Waals surface area contributed by atoms with Gasteiger partial charge in [0.05, 0.1) is 5.56 Å². The summed E-state index contributed by atoms with van der Waals surface area (Å²) in [6.45, 7) is 0.407. The number of carbonyl (C=O) groups excluding carboxylic acids is 2. The van der Waals surface area contributed by atoms with Crippen LogP contribution < -0.4 is 5.32 Å². The van der Waals surface area contributed by atoms with Gasteiger partial charge in [0.25, 0.3) is 11.8 Å². The summed E-state index contributed by atoms with van der Waals surface area (Å²) < 4.78 is 0. The third kappa shape index (κ3) is 3.89. The molecular formula is C16H17N3O2. The van der Waals surface area contributed by atoms with Crippen molar-refractivity contribution < 1.29 is 9.59 Å². The van der Waals surface area contributed by atoms with Crippen LogP contribution in [0.1, 0.15) is 26.3 Å². The molecule has 0 radical (unpaired) electrons. The molecule has 0 aliphatic carbocycles. The predicted octanol–water partition coefficient (Wildman–Crippen LogP) is 1.71. The van der Waals surface area contributed by atoms with E-state index in [9.17, 15) is 9.59 Å². The van der Waals surface area contributed by atoms with Crippen LogP contribution in [0.15, 0.2) is 48.8 Å². The zero-order chi connectivity index (χ0) is 15.2. The predicted molar refractivity (Wildman–Crippen MR) is 79.9 cm³/mol. The van der Waals surface area contributed by atoms with Crippen LogP contribution in [0.3, 0.4) is 0 Å². The number of rotatable bonds is 4. The maximum Gasteiger partial charge on any atom is 0.253 e. The molecular weight excluding hydrogens is 266 g/mol. The van der Waals surface area contributed by atoms with Crippen molar-refractivity contribution in [2.75, 3.05) is 14.1 Å². The molecule has 0 spiro atoms. The van der Waals surface area contributed by atoms with Gasteiger partial charge < -0.3 is 10.2 Å². The molecule has 108 valence electrons. The SMILES string of the molecule is CN(C)C(=O)c1ccc(CNC(=O)c2cccnc2)cc1. The number of pyridine rings is 1. The van der Waals surface area contributed by atoms with Crippen LogP contribution in [0.4, 0.5) is 0 Å². The Kier molecular flexibility index (Phi) is 4.66. The summed E-state index contributed by atoms with van der Waals surface area (Å²) in [4.78, 5) is 29.1. The van der Waals surface area contributed by atoms with E-state index in [2.05, 4.69) is 10.3 Å². The molecule has 0 atom stereocenters. The molecule has 0 fully saturated rings. The number of aromatic nitrogens is 1. The fraction of sp³-hybridized carbons (Fsp3) is 0.188. The summed E-state index contributed by atoms with van der Waals surface area (Å²) in [6.07, 6.45) is 3.14. The molecule has 0 saturated carbocycles. The van der Waals surface area contributed by atoms with E-state index in [4.69, 9.17) is 0 Å². The largest absolute Gasteiger partial charge is 0.348 e. The zero-order valence-corrected chi connectivity index (χ0v) is 12.0. The van der Waals surface area contributed by atoms with E-state index < -0.39 is 0 Å². The smallest absolute Gasteiger partial charge is 0.253 e. The number of amides is 2. The fourth-order valence-electron chi connectivity index (χ4n) is 1.80. The molecule has 1 N–H and O–H groups in total. The molecule has 5 heteroatoms. The molecule has 0 unspecified atom stereocenters. The first kappa shape index (κ1) is 14.7.